The van der Waals surface area contributed by atoms with Gasteiger partial charge in [0.1, 0.15) is 11.6 Å². The average Bonchev–Trinajstić information content (AvgIpc) is 3.21. The molecule has 0 aromatic carbocycles. The Hall–Kier alpha value is -1.58. The molecule has 0 aliphatic heterocycles. The Morgan fingerprint density at radius 2 is 2.33 bits per heavy atom. The summed E-state index contributed by atoms with van der Waals surface area (Å²) in [5.41, 5.74) is 0. The molecule has 0 saturated heterocycles. The van der Waals surface area contributed by atoms with Crippen molar-refractivity contribution in [2.24, 2.45) is 0 Å². The van der Waals surface area contributed by atoms with Crippen LogP contribution in [0.1, 0.15) is 44.3 Å². The van der Waals surface area contributed by atoms with Gasteiger partial charge >= 0.3 is 0 Å². The molecule has 0 unspecified atom stereocenters. The normalized spacial score (nSPS) is 14.3. The van der Waals surface area contributed by atoms with Crippen molar-refractivity contribution in [2.45, 2.75) is 38.5 Å². The summed E-state index contributed by atoms with van der Waals surface area (Å²) in [6.45, 7) is 7.27. The second kappa shape index (κ2) is 6.38. The van der Waals surface area contributed by atoms with E-state index in [2.05, 4.69) is 28.8 Å². The lowest BCUT2D eigenvalue weighted by molar-refractivity contribution is 0.296. The number of hydrogen-bond acceptors (Lipinski definition) is 4. The van der Waals surface area contributed by atoms with Crippen LogP contribution in [-0.4, -0.2) is 23.1 Å². The number of hydrogen-bond donors (Lipinski definition) is 1. The number of anilines is 1. The largest absolute Gasteiger partial charge is 0.478 e. The molecule has 1 saturated carbocycles. The highest BCUT2D eigenvalue weighted by Gasteiger charge is 2.27. The maximum atomic E-state index is 5.67. The van der Waals surface area contributed by atoms with E-state index in [1.807, 2.05) is 12.1 Å². The van der Waals surface area contributed by atoms with Crippen molar-refractivity contribution in [2.75, 3.05) is 18.5 Å². The lowest BCUT2D eigenvalue weighted by atomic mass is 10.3. The molecule has 0 atom stereocenters. The van der Waals surface area contributed by atoms with E-state index in [1.165, 1.54) is 12.8 Å². The molecule has 4 heteroatoms. The Labute approximate surface area is 108 Å². The molecule has 0 radical (unpaired) electrons. The van der Waals surface area contributed by atoms with E-state index in [0.29, 0.717) is 18.3 Å². The number of rotatable bonds is 8. The first kappa shape index (κ1) is 12.9. The van der Waals surface area contributed by atoms with Crippen molar-refractivity contribution in [1.82, 2.24) is 9.97 Å². The van der Waals surface area contributed by atoms with Gasteiger partial charge in [0.2, 0.25) is 5.88 Å². The molecule has 18 heavy (non-hydrogen) atoms. The van der Waals surface area contributed by atoms with E-state index in [9.17, 15) is 0 Å². The van der Waals surface area contributed by atoms with E-state index in [4.69, 9.17) is 4.74 Å². The topological polar surface area (TPSA) is 47.0 Å². The van der Waals surface area contributed by atoms with Gasteiger partial charge in [-0.05, 0) is 19.3 Å². The summed E-state index contributed by atoms with van der Waals surface area (Å²) in [5, 5.41) is 3.20. The standard InChI is InChI=1S/C14H21N3O/c1-3-5-9-18-13-10-12(15-8-4-2)16-14(17-13)11-6-7-11/h4,10-11H,2-3,5-9H2,1H3,(H,15,16,17). The van der Waals surface area contributed by atoms with Gasteiger partial charge in [0.15, 0.2) is 0 Å². The number of nitrogens with zero attached hydrogens (tertiary/aromatic N) is 2. The third-order valence-electron chi connectivity index (χ3n) is 2.84. The fourth-order valence-corrected chi connectivity index (χ4v) is 1.63. The van der Waals surface area contributed by atoms with Crippen LogP contribution >= 0.6 is 0 Å². The molecule has 1 aromatic rings. The predicted molar refractivity (Wildman–Crippen MR) is 73.1 cm³/mol. The molecule has 1 N–H and O–H groups in total. The van der Waals surface area contributed by atoms with Crippen molar-refractivity contribution >= 4 is 5.82 Å². The van der Waals surface area contributed by atoms with E-state index >= 15 is 0 Å². The summed E-state index contributed by atoms with van der Waals surface area (Å²) in [4.78, 5) is 8.99. The summed E-state index contributed by atoms with van der Waals surface area (Å²) in [6.07, 6.45) is 6.38. The van der Waals surface area contributed by atoms with Crippen molar-refractivity contribution in [3.8, 4) is 5.88 Å². The molecule has 0 spiro atoms. The summed E-state index contributed by atoms with van der Waals surface area (Å²) in [5.74, 6) is 2.96. The monoisotopic (exact) mass is 247 g/mol. The molecule has 1 aliphatic carbocycles. The van der Waals surface area contributed by atoms with Gasteiger partial charge in [0.25, 0.3) is 0 Å². The zero-order valence-corrected chi connectivity index (χ0v) is 11.0. The van der Waals surface area contributed by atoms with Gasteiger partial charge in [-0.25, -0.2) is 4.98 Å². The highest BCUT2D eigenvalue weighted by molar-refractivity contribution is 5.39. The van der Waals surface area contributed by atoms with Crippen LogP contribution in [0.5, 0.6) is 5.88 Å². The Bertz CT molecular complexity index is 402. The van der Waals surface area contributed by atoms with Crippen LogP contribution in [0.4, 0.5) is 5.82 Å². The minimum Gasteiger partial charge on any atom is -0.478 e. The summed E-state index contributed by atoms with van der Waals surface area (Å²) >= 11 is 0. The molecule has 1 heterocycles. The van der Waals surface area contributed by atoms with E-state index in [-0.39, 0.29) is 0 Å². The van der Waals surface area contributed by atoms with Gasteiger partial charge in [-0.2, -0.15) is 4.98 Å². The maximum Gasteiger partial charge on any atom is 0.218 e. The molecule has 1 fully saturated rings. The smallest absolute Gasteiger partial charge is 0.218 e. The fraction of sp³-hybridized carbons (Fsp3) is 0.571. The van der Waals surface area contributed by atoms with E-state index in [1.54, 1.807) is 0 Å². The minimum absolute atomic E-state index is 0.531. The van der Waals surface area contributed by atoms with Gasteiger partial charge < -0.3 is 10.1 Å². The summed E-state index contributed by atoms with van der Waals surface area (Å²) in [7, 11) is 0. The van der Waals surface area contributed by atoms with Gasteiger partial charge in [0.05, 0.1) is 6.61 Å². The van der Waals surface area contributed by atoms with E-state index in [0.717, 1.165) is 31.1 Å². The van der Waals surface area contributed by atoms with Crippen LogP contribution in [0.2, 0.25) is 0 Å². The SMILES string of the molecule is C=CCNc1cc(OCCCC)nc(C2CC2)n1. The summed E-state index contributed by atoms with van der Waals surface area (Å²) < 4.78 is 5.67. The molecule has 1 aliphatic rings. The highest BCUT2D eigenvalue weighted by Crippen LogP contribution is 2.39. The van der Waals surface area contributed by atoms with Crippen LogP contribution in [0.15, 0.2) is 18.7 Å². The molecule has 98 valence electrons. The van der Waals surface area contributed by atoms with Crippen LogP contribution < -0.4 is 10.1 Å². The van der Waals surface area contributed by atoms with Gasteiger partial charge in [-0.1, -0.05) is 19.4 Å². The third-order valence-corrected chi connectivity index (χ3v) is 2.84. The van der Waals surface area contributed by atoms with Gasteiger partial charge in [0, 0.05) is 18.5 Å². The van der Waals surface area contributed by atoms with Crippen LogP contribution in [-0.2, 0) is 0 Å². The first-order valence-corrected chi connectivity index (χ1v) is 6.70. The van der Waals surface area contributed by atoms with Crippen molar-refractivity contribution < 1.29 is 4.74 Å². The third kappa shape index (κ3) is 3.72. The van der Waals surface area contributed by atoms with Crippen LogP contribution in [0.25, 0.3) is 0 Å². The molecule has 0 bridgehead atoms. The number of ether oxygens (including phenoxy) is 1. The maximum absolute atomic E-state index is 5.67. The fourth-order valence-electron chi connectivity index (χ4n) is 1.63. The first-order valence-electron chi connectivity index (χ1n) is 6.70. The van der Waals surface area contributed by atoms with Crippen molar-refractivity contribution in [3.63, 3.8) is 0 Å². The molecule has 0 amide bonds. The van der Waals surface area contributed by atoms with Crippen molar-refractivity contribution in [3.05, 3.63) is 24.5 Å². The van der Waals surface area contributed by atoms with Gasteiger partial charge in [-0.15, -0.1) is 6.58 Å². The summed E-state index contributed by atoms with van der Waals surface area (Å²) in [6, 6.07) is 1.87. The predicted octanol–water partition coefficient (Wildman–Crippen LogP) is 3.13. The zero-order valence-electron chi connectivity index (χ0n) is 11.0. The minimum atomic E-state index is 0.531. The Morgan fingerprint density at radius 1 is 1.50 bits per heavy atom. The first-order chi connectivity index (χ1) is 8.83. The second-order valence-electron chi connectivity index (χ2n) is 4.60. The second-order valence-corrected chi connectivity index (χ2v) is 4.60. The molecular weight excluding hydrogens is 226 g/mol. The van der Waals surface area contributed by atoms with Crippen LogP contribution in [0.3, 0.4) is 0 Å². The Balaban J connectivity index is 2.06. The molecule has 4 nitrogen and oxygen atoms in total. The number of unbranched alkanes of at least 4 members (excludes halogenated alkanes) is 1. The molecular formula is C14H21N3O. The van der Waals surface area contributed by atoms with Crippen molar-refractivity contribution in [1.29, 1.82) is 0 Å². The Morgan fingerprint density at radius 3 is 3.00 bits per heavy atom. The Kier molecular flexibility index (Phi) is 4.56. The van der Waals surface area contributed by atoms with Gasteiger partial charge in [-0.3, -0.25) is 0 Å². The van der Waals surface area contributed by atoms with E-state index < -0.39 is 0 Å². The zero-order chi connectivity index (χ0) is 12.8. The highest BCUT2D eigenvalue weighted by atomic mass is 16.5. The lowest BCUT2D eigenvalue weighted by Gasteiger charge is -2.09. The molecule has 1 aromatic heterocycles. The average molecular weight is 247 g/mol. The molecule has 2 rings (SSSR count). The lowest BCUT2D eigenvalue weighted by Crippen LogP contribution is -2.06. The van der Waals surface area contributed by atoms with Crippen LogP contribution in [0, 0.1) is 0 Å². The number of nitrogens with one attached hydrogen (secondary N) is 1. The number of aromatic nitrogens is 2. The quantitative estimate of drug-likeness (QED) is 0.566.